The monoisotopic (exact) mass is 496 g/mol. The first-order valence-corrected chi connectivity index (χ1v) is 10.8. The largest absolute Gasteiger partial charge is 0.508 e. The number of benzene rings is 3. The molecule has 3 aliphatic heterocycles. The lowest BCUT2D eigenvalue weighted by Crippen LogP contribution is -2.39. The molecule has 1 spiro atoms. The van der Waals surface area contributed by atoms with Crippen LogP contribution in [-0.4, -0.2) is 26.6 Å². The van der Waals surface area contributed by atoms with Gasteiger partial charge in [-0.15, -0.1) is 10.3 Å². The number of rotatable bonds is 2. The summed E-state index contributed by atoms with van der Waals surface area (Å²) in [5.74, 6) is 0.0440. The number of hydrazone groups is 1. The van der Waals surface area contributed by atoms with E-state index in [9.17, 15) is 15.0 Å². The predicted molar refractivity (Wildman–Crippen MR) is 124 cm³/mol. The average Bonchev–Trinajstić information content (AvgIpc) is 3.05. The highest BCUT2D eigenvalue weighted by Crippen LogP contribution is 2.57. The highest BCUT2D eigenvalue weighted by atomic mass is 35.5. The SMILES string of the molecule is O=C1OC2(c3ccc(O)cc3Oc3cc(O)ccc32)c2ccc(NN3N=C(Cl)C=C(Cl)N3)cc21. The summed E-state index contributed by atoms with van der Waals surface area (Å²) in [6.07, 6.45) is 1.45. The Morgan fingerprint density at radius 3 is 2.24 bits per heavy atom. The fourth-order valence-electron chi connectivity index (χ4n) is 4.34. The smallest absolute Gasteiger partial charge is 0.340 e. The Bertz CT molecular complexity index is 1400. The lowest BCUT2D eigenvalue weighted by molar-refractivity contribution is 0.0224. The van der Waals surface area contributed by atoms with Gasteiger partial charge in [0.05, 0.1) is 11.3 Å². The van der Waals surface area contributed by atoms with E-state index < -0.39 is 11.6 Å². The number of esters is 1. The van der Waals surface area contributed by atoms with Crippen molar-refractivity contribution in [1.82, 2.24) is 10.7 Å². The van der Waals surface area contributed by atoms with E-state index in [0.717, 1.165) is 0 Å². The molecule has 0 aromatic heterocycles. The molecule has 3 aromatic rings. The van der Waals surface area contributed by atoms with Crippen LogP contribution in [-0.2, 0) is 10.3 Å². The van der Waals surface area contributed by atoms with Gasteiger partial charge in [-0.3, -0.25) is 10.9 Å². The Labute approximate surface area is 202 Å². The molecule has 0 bridgehead atoms. The standard InChI is InChI=1S/C23H14Cl2N4O5/c24-20-10-21(25)28-29(27-20)26-11-1-4-15-14(7-11)22(32)34-23(15)16-5-2-12(30)8-18(16)33-19-9-13(31)3-6-17(19)23/h1-10,26-27,30-31H. The molecular weight excluding hydrogens is 483 g/mol. The Balaban J connectivity index is 1.49. The number of phenols is 2. The number of aromatic hydroxyl groups is 2. The number of allylic oxidation sites excluding steroid dienone is 1. The van der Waals surface area contributed by atoms with Gasteiger partial charge in [0.2, 0.25) is 0 Å². The van der Waals surface area contributed by atoms with Gasteiger partial charge in [0.1, 0.15) is 28.2 Å². The number of nitrogens with one attached hydrogen (secondary N) is 2. The van der Waals surface area contributed by atoms with E-state index in [1.54, 1.807) is 30.3 Å². The Morgan fingerprint density at radius 1 is 0.941 bits per heavy atom. The molecule has 0 amide bonds. The van der Waals surface area contributed by atoms with E-state index in [1.165, 1.54) is 35.6 Å². The molecule has 0 saturated heterocycles. The lowest BCUT2D eigenvalue weighted by Gasteiger charge is -2.36. The summed E-state index contributed by atoms with van der Waals surface area (Å²) in [5.41, 5.74) is 6.90. The van der Waals surface area contributed by atoms with Crippen molar-refractivity contribution < 1.29 is 24.5 Å². The summed E-state index contributed by atoms with van der Waals surface area (Å²) in [6, 6.07) is 14.3. The zero-order valence-corrected chi connectivity index (χ0v) is 18.6. The molecule has 0 aliphatic carbocycles. The first-order chi connectivity index (χ1) is 16.3. The fraction of sp³-hybridized carbons (Fsp3) is 0.0435. The van der Waals surface area contributed by atoms with Crippen molar-refractivity contribution in [3.05, 3.63) is 88.1 Å². The van der Waals surface area contributed by atoms with Gasteiger partial charge in [-0.2, -0.15) is 0 Å². The maximum Gasteiger partial charge on any atom is 0.340 e. The van der Waals surface area contributed by atoms with Crippen molar-refractivity contribution in [2.75, 3.05) is 5.43 Å². The number of hydrogen-bond donors (Lipinski definition) is 4. The molecule has 11 heteroatoms. The summed E-state index contributed by atoms with van der Waals surface area (Å²) in [5, 5.41) is 25.7. The topological polar surface area (TPSA) is 116 Å². The maximum atomic E-state index is 13.1. The molecule has 0 saturated carbocycles. The molecule has 170 valence electrons. The molecule has 34 heavy (non-hydrogen) atoms. The number of nitrogens with zero attached hydrogens (tertiary/aromatic N) is 2. The van der Waals surface area contributed by atoms with E-state index in [-0.39, 0.29) is 21.8 Å². The van der Waals surface area contributed by atoms with Crippen LogP contribution in [0.1, 0.15) is 27.0 Å². The van der Waals surface area contributed by atoms with Gasteiger partial charge in [0.15, 0.2) is 10.8 Å². The van der Waals surface area contributed by atoms with Gasteiger partial charge in [-0.25, -0.2) is 4.79 Å². The lowest BCUT2D eigenvalue weighted by atomic mass is 9.77. The van der Waals surface area contributed by atoms with Gasteiger partial charge in [-0.05, 0) is 36.4 Å². The second-order valence-corrected chi connectivity index (χ2v) is 8.54. The van der Waals surface area contributed by atoms with Crippen LogP contribution in [0.3, 0.4) is 0 Å². The van der Waals surface area contributed by atoms with Gasteiger partial charge >= 0.3 is 5.97 Å². The van der Waals surface area contributed by atoms with Crippen molar-refractivity contribution in [3.8, 4) is 23.0 Å². The van der Waals surface area contributed by atoms with Gasteiger partial charge in [0.25, 0.3) is 0 Å². The molecule has 0 unspecified atom stereocenters. The number of hydrogen-bond acceptors (Lipinski definition) is 9. The predicted octanol–water partition coefficient (Wildman–Crippen LogP) is 4.45. The molecule has 9 nitrogen and oxygen atoms in total. The summed E-state index contributed by atoms with van der Waals surface area (Å²) in [4.78, 5) is 13.1. The summed E-state index contributed by atoms with van der Waals surface area (Å²) >= 11 is 11.9. The number of fused-ring (bicyclic) bond motifs is 6. The van der Waals surface area contributed by atoms with E-state index >= 15 is 0 Å². The third kappa shape index (κ3) is 3.01. The van der Waals surface area contributed by atoms with Crippen molar-refractivity contribution >= 4 is 40.0 Å². The number of ether oxygens (including phenoxy) is 2. The van der Waals surface area contributed by atoms with Crippen LogP contribution in [0.2, 0.25) is 0 Å². The molecule has 3 aromatic carbocycles. The highest BCUT2D eigenvalue weighted by molar-refractivity contribution is 6.69. The Hall–Kier alpha value is -4.08. The number of hydrazine groups is 2. The van der Waals surface area contributed by atoms with Crippen molar-refractivity contribution in [3.63, 3.8) is 0 Å². The Kier molecular flexibility index (Phi) is 4.35. The van der Waals surface area contributed by atoms with Crippen LogP contribution < -0.4 is 15.6 Å². The molecule has 3 heterocycles. The normalized spacial score (nSPS) is 16.9. The first kappa shape index (κ1) is 20.5. The van der Waals surface area contributed by atoms with E-state index in [1.807, 2.05) is 0 Å². The van der Waals surface area contributed by atoms with E-state index in [4.69, 9.17) is 32.7 Å². The Morgan fingerprint density at radius 2 is 1.59 bits per heavy atom. The van der Waals surface area contributed by atoms with Crippen molar-refractivity contribution in [2.24, 2.45) is 5.10 Å². The molecular formula is C23H14Cl2N4O5. The van der Waals surface area contributed by atoms with Crippen LogP contribution in [0.4, 0.5) is 5.69 Å². The molecule has 4 N–H and O–H groups in total. The number of phenolic OH excluding ortho intramolecular Hbond substituents is 2. The quantitative estimate of drug-likeness (QED) is 0.304. The summed E-state index contributed by atoms with van der Waals surface area (Å²) in [7, 11) is 0. The summed E-state index contributed by atoms with van der Waals surface area (Å²) < 4.78 is 12.0. The second-order valence-electron chi connectivity index (χ2n) is 7.74. The van der Waals surface area contributed by atoms with Gasteiger partial charge in [-0.1, -0.05) is 29.3 Å². The van der Waals surface area contributed by atoms with Gasteiger partial charge < -0.3 is 19.7 Å². The number of anilines is 1. The minimum Gasteiger partial charge on any atom is -0.508 e. The molecule has 3 aliphatic rings. The van der Waals surface area contributed by atoms with Crippen LogP contribution in [0.25, 0.3) is 0 Å². The molecule has 0 atom stereocenters. The van der Waals surface area contributed by atoms with Crippen molar-refractivity contribution in [2.45, 2.75) is 5.60 Å². The maximum absolute atomic E-state index is 13.1. The third-order valence-corrected chi connectivity index (χ3v) is 6.04. The fourth-order valence-corrected chi connectivity index (χ4v) is 4.76. The second kappa shape index (κ2) is 7.21. The summed E-state index contributed by atoms with van der Waals surface area (Å²) in [6.45, 7) is 0. The molecule has 0 fully saturated rings. The zero-order valence-electron chi connectivity index (χ0n) is 17.0. The number of carbonyl (C=O) groups is 1. The minimum atomic E-state index is -1.33. The van der Waals surface area contributed by atoms with E-state index in [0.29, 0.717) is 39.4 Å². The zero-order chi connectivity index (χ0) is 23.6. The van der Waals surface area contributed by atoms with Crippen LogP contribution in [0.5, 0.6) is 23.0 Å². The number of carbonyl (C=O) groups excluding carboxylic acids is 1. The highest BCUT2D eigenvalue weighted by Gasteiger charge is 2.53. The molecule has 0 radical (unpaired) electrons. The van der Waals surface area contributed by atoms with Crippen LogP contribution in [0.15, 0.2) is 70.9 Å². The molecule has 6 rings (SSSR count). The minimum absolute atomic E-state index is 0.0115. The van der Waals surface area contributed by atoms with Crippen LogP contribution in [0, 0.1) is 0 Å². The number of halogens is 2. The average molecular weight is 497 g/mol. The van der Waals surface area contributed by atoms with Gasteiger partial charge in [0, 0.05) is 34.9 Å². The van der Waals surface area contributed by atoms with Crippen molar-refractivity contribution in [1.29, 1.82) is 0 Å². The van der Waals surface area contributed by atoms with E-state index in [2.05, 4.69) is 16.0 Å². The first-order valence-electron chi connectivity index (χ1n) is 10.0. The third-order valence-electron chi connectivity index (χ3n) is 5.66. The van der Waals surface area contributed by atoms with Crippen LogP contribution >= 0.6 is 23.2 Å².